The second-order valence-corrected chi connectivity index (χ2v) is 10.0. The van der Waals surface area contributed by atoms with Crippen LogP contribution in [0, 0.1) is 21.8 Å². The minimum Gasteiger partial charge on any atom is -0.491 e. The van der Waals surface area contributed by atoms with Gasteiger partial charge >= 0.3 is 0 Å². The molecule has 32 heavy (non-hydrogen) atoms. The van der Waals surface area contributed by atoms with Crippen molar-refractivity contribution in [3.63, 3.8) is 0 Å². The second kappa shape index (κ2) is 8.57. The summed E-state index contributed by atoms with van der Waals surface area (Å²) < 4.78 is 80.1. The van der Waals surface area contributed by atoms with Crippen LogP contribution in [-0.4, -0.2) is 47.5 Å². The molecule has 1 amide bonds. The number of rotatable bonds is 6. The second-order valence-electron chi connectivity index (χ2n) is 7.93. The van der Waals surface area contributed by atoms with Gasteiger partial charge in [-0.1, -0.05) is 6.92 Å². The molecule has 0 spiro atoms. The first-order valence-electron chi connectivity index (χ1n) is 9.45. The first-order chi connectivity index (χ1) is 14.9. The highest BCUT2D eigenvalue weighted by molar-refractivity contribution is 7.91. The van der Waals surface area contributed by atoms with Gasteiger partial charge in [-0.05, 0) is 30.7 Å². The number of ether oxygens (including phenoxy) is 1. The van der Waals surface area contributed by atoms with Crippen LogP contribution in [0.25, 0.3) is 0 Å². The molecule has 1 aliphatic heterocycles. The molecule has 3 atom stereocenters. The van der Waals surface area contributed by atoms with Crippen LogP contribution < -0.4 is 15.0 Å². The Morgan fingerprint density at radius 3 is 2.66 bits per heavy atom. The maximum Gasteiger partial charge on any atom is 0.247 e. The largest absolute Gasteiger partial charge is 0.491 e. The number of hydrogen-bond acceptors (Lipinski definition) is 6. The van der Waals surface area contributed by atoms with Crippen LogP contribution in [0.2, 0.25) is 0 Å². The van der Waals surface area contributed by atoms with Crippen molar-refractivity contribution < 1.29 is 31.3 Å². The number of aromatic nitrogens is 1. The van der Waals surface area contributed by atoms with Gasteiger partial charge in [0.05, 0.1) is 22.5 Å². The Kier molecular flexibility index (Phi) is 6.36. The van der Waals surface area contributed by atoms with Crippen LogP contribution in [0.5, 0.6) is 5.75 Å². The van der Waals surface area contributed by atoms with Gasteiger partial charge in [0.25, 0.3) is 0 Å². The molecule has 7 nitrogen and oxygen atoms in total. The summed E-state index contributed by atoms with van der Waals surface area (Å²) >= 11 is 0. The Balaban J connectivity index is 1.99. The number of pyridine rings is 1. The summed E-state index contributed by atoms with van der Waals surface area (Å²) in [6, 6.07) is 3.51. The van der Waals surface area contributed by atoms with Gasteiger partial charge in [-0.2, -0.15) is 4.39 Å². The van der Waals surface area contributed by atoms with Gasteiger partial charge in [-0.25, -0.2) is 27.1 Å². The fourth-order valence-electron chi connectivity index (χ4n) is 3.63. The Hall–Kier alpha value is -2.89. The van der Waals surface area contributed by atoms with Gasteiger partial charge < -0.3 is 15.0 Å². The average Bonchev–Trinajstić information content (AvgIpc) is 3.08. The quantitative estimate of drug-likeness (QED) is 0.620. The van der Waals surface area contributed by atoms with Gasteiger partial charge in [-0.15, -0.1) is 0 Å². The highest BCUT2D eigenvalue weighted by Gasteiger charge is 2.50. The first kappa shape index (κ1) is 23.8. The number of halogens is 4. The Morgan fingerprint density at radius 2 is 2.06 bits per heavy atom. The lowest BCUT2D eigenvalue weighted by atomic mass is 9.88. The highest BCUT2D eigenvalue weighted by atomic mass is 32.2. The lowest BCUT2D eigenvalue weighted by molar-refractivity contribution is -0.117. The van der Waals surface area contributed by atoms with E-state index in [0.717, 1.165) is 13.2 Å². The molecule has 12 heteroatoms. The van der Waals surface area contributed by atoms with Crippen molar-refractivity contribution in [2.24, 2.45) is 5.41 Å². The highest BCUT2D eigenvalue weighted by Crippen LogP contribution is 2.45. The van der Waals surface area contributed by atoms with Crippen molar-refractivity contribution in [2.45, 2.75) is 30.8 Å². The molecule has 0 unspecified atom stereocenters. The number of nitrogens with one attached hydrogen (secondary N) is 2. The monoisotopic (exact) mass is 474 g/mol. The van der Waals surface area contributed by atoms with Gasteiger partial charge in [0.2, 0.25) is 18.1 Å². The molecule has 174 valence electrons. The number of amides is 1. The molecule has 2 N–H and O–H groups in total. The molecule has 3 rings (SSSR count). The van der Waals surface area contributed by atoms with Crippen LogP contribution in [0.4, 0.5) is 28.9 Å². The third-order valence-electron chi connectivity index (χ3n) is 5.34. The number of hydrogen-bond donors (Lipinski definition) is 2. The molecule has 2 aromatic rings. The van der Waals surface area contributed by atoms with E-state index in [4.69, 9.17) is 9.52 Å². The number of methoxy groups -OCH3 is 1. The summed E-state index contributed by atoms with van der Waals surface area (Å²) in [5, 5.41) is 2.50. The summed E-state index contributed by atoms with van der Waals surface area (Å²) in [7, 11) is -2.04. The van der Waals surface area contributed by atoms with E-state index in [-0.39, 0.29) is 29.4 Å². The van der Waals surface area contributed by atoms with Crippen LogP contribution in [0.1, 0.15) is 13.3 Å². The van der Waals surface area contributed by atoms with E-state index in [9.17, 15) is 26.6 Å². The van der Waals surface area contributed by atoms with E-state index in [0.29, 0.717) is 0 Å². The lowest BCUT2D eigenvalue weighted by Crippen LogP contribution is -2.40. The van der Waals surface area contributed by atoms with Crippen LogP contribution in [0.15, 0.2) is 35.5 Å². The predicted molar refractivity (Wildman–Crippen MR) is 111 cm³/mol. The minimum atomic E-state index is -3.15. The van der Waals surface area contributed by atoms with Gasteiger partial charge in [0, 0.05) is 30.1 Å². The van der Waals surface area contributed by atoms with Crippen molar-refractivity contribution in [1.29, 1.82) is 4.78 Å². The van der Waals surface area contributed by atoms with Crippen LogP contribution >= 0.6 is 0 Å². The number of alkyl halides is 2. The maximum absolute atomic E-state index is 14.3. The Labute approximate surface area is 182 Å². The first-order valence-corrected chi connectivity index (χ1v) is 11.4. The SMILES string of the molecule is COc1c(N2C[C@](C)(C(F)F)C[C@@H]2C(=O)Nc2ccnc([S@](C)(=N)=O)c2)ccc(F)c1F. The third-order valence-corrected chi connectivity index (χ3v) is 6.36. The van der Waals surface area contributed by atoms with Crippen LogP contribution in [0.3, 0.4) is 0 Å². The fourth-order valence-corrected chi connectivity index (χ4v) is 4.24. The number of carbonyl (C=O) groups excluding carboxylic acids is 1. The Bertz CT molecular complexity index is 1150. The number of nitrogens with zero attached hydrogens (tertiary/aromatic N) is 2. The molecule has 1 aromatic heterocycles. The summed E-state index contributed by atoms with van der Waals surface area (Å²) in [5.74, 6) is -3.65. The summed E-state index contributed by atoms with van der Waals surface area (Å²) in [5.41, 5.74) is -1.46. The van der Waals surface area contributed by atoms with Crippen molar-refractivity contribution >= 4 is 27.0 Å². The number of benzene rings is 1. The number of anilines is 2. The van der Waals surface area contributed by atoms with Gasteiger partial charge in [0.1, 0.15) is 11.1 Å². The molecule has 1 aliphatic rings. The zero-order valence-electron chi connectivity index (χ0n) is 17.5. The molecular formula is C20H22F4N4O3S. The zero-order valence-corrected chi connectivity index (χ0v) is 18.3. The molecule has 1 fully saturated rings. The van der Waals surface area contributed by atoms with E-state index in [2.05, 4.69) is 10.3 Å². The molecule has 2 heterocycles. The molecular weight excluding hydrogens is 452 g/mol. The van der Waals surface area contributed by atoms with Crippen molar-refractivity contribution in [2.75, 3.05) is 30.1 Å². The Morgan fingerprint density at radius 1 is 1.38 bits per heavy atom. The average molecular weight is 474 g/mol. The van der Waals surface area contributed by atoms with Crippen LogP contribution in [-0.2, 0) is 14.5 Å². The number of carbonyl (C=O) groups is 1. The summed E-state index contributed by atoms with van der Waals surface area (Å²) in [6.07, 6.45) is -0.612. The zero-order chi connectivity index (χ0) is 23.8. The van der Waals surface area contributed by atoms with Crippen molar-refractivity contribution in [3.8, 4) is 5.75 Å². The molecule has 0 bridgehead atoms. The molecule has 1 aromatic carbocycles. The molecule has 1 saturated heterocycles. The van der Waals surface area contributed by atoms with Crippen molar-refractivity contribution in [1.82, 2.24) is 4.98 Å². The molecule has 0 saturated carbocycles. The van der Waals surface area contributed by atoms with E-state index in [1.807, 2.05) is 0 Å². The van der Waals surface area contributed by atoms with Gasteiger partial charge in [-0.3, -0.25) is 4.79 Å². The summed E-state index contributed by atoms with van der Waals surface area (Å²) in [6.45, 7) is 1.00. The third kappa shape index (κ3) is 4.50. The van der Waals surface area contributed by atoms with E-state index < -0.39 is 50.9 Å². The minimum absolute atomic E-state index is 0.0333. The predicted octanol–water partition coefficient (Wildman–Crippen LogP) is 3.89. The van der Waals surface area contributed by atoms with Crippen molar-refractivity contribution in [3.05, 3.63) is 42.1 Å². The molecule has 0 aliphatic carbocycles. The fraction of sp³-hybridized carbons (Fsp3) is 0.400. The van der Waals surface area contributed by atoms with Gasteiger partial charge in [0.15, 0.2) is 11.6 Å². The standard InChI is InChI=1S/C20H22F4N4O3S/c1-20(19(23)24)9-14(18(29)27-11-6-7-26-15(8-11)32(3,25)30)28(10-20)13-5-4-12(21)16(22)17(13)31-2/h4-8,14,19,25H,9-10H2,1-3H3,(H,26,27,29)/t14-,20-,32-/m1/s1. The molecule has 0 radical (unpaired) electrons. The normalized spacial score (nSPS) is 22.6. The van der Waals surface area contributed by atoms with E-state index >= 15 is 0 Å². The lowest BCUT2D eigenvalue weighted by Gasteiger charge is -2.28. The smallest absolute Gasteiger partial charge is 0.247 e. The van der Waals surface area contributed by atoms with E-state index in [1.54, 1.807) is 0 Å². The topological polar surface area (TPSA) is 95.4 Å². The van der Waals surface area contributed by atoms with E-state index in [1.165, 1.54) is 42.5 Å². The maximum atomic E-state index is 14.3. The summed E-state index contributed by atoms with van der Waals surface area (Å²) in [4.78, 5) is 18.2.